The summed E-state index contributed by atoms with van der Waals surface area (Å²) in [4.78, 5) is 20.2. The molecule has 6 nitrogen and oxygen atoms in total. The lowest BCUT2D eigenvalue weighted by molar-refractivity contribution is -0.139. The summed E-state index contributed by atoms with van der Waals surface area (Å²) in [6, 6.07) is 14.9. The second kappa shape index (κ2) is 9.51. The molecular weight excluding hydrogens is 402 g/mol. The number of aryl methyl sites for hydroxylation is 1. The summed E-state index contributed by atoms with van der Waals surface area (Å²) in [5, 5.41) is 0. The molecule has 0 radical (unpaired) electrons. The Morgan fingerprint density at radius 2 is 1.59 bits per heavy atom. The van der Waals surface area contributed by atoms with Crippen molar-refractivity contribution in [2.75, 3.05) is 46.1 Å². The van der Waals surface area contributed by atoms with Crippen LogP contribution in [0.1, 0.15) is 29.5 Å². The third-order valence-corrected chi connectivity index (χ3v) is 6.91. The molecule has 0 aliphatic carbocycles. The summed E-state index contributed by atoms with van der Waals surface area (Å²) in [6.07, 6.45) is 2.12. The average molecular weight is 436 g/mol. The van der Waals surface area contributed by atoms with Crippen LogP contribution >= 0.6 is 0 Å². The number of nitrogens with zero attached hydrogens (tertiary/aromatic N) is 3. The first-order valence-electron chi connectivity index (χ1n) is 11.8. The van der Waals surface area contributed by atoms with Crippen LogP contribution in [0, 0.1) is 12.8 Å². The third-order valence-electron chi connectivity index (χ3n) is 6.91. The SMILES string of the molecule is Cc1ccc(CN2CCCC(C(=O)N3CCN(Cc4ccc5c(c4)OCO5)CC3)C2)cc1. The van der Waals surface area contributed by atoms with Crippen molar-refractivity contribution in [1.82, 2.24) is 14.7 Å². The fourth-order valence-electron chi connectivity index (χ4n) is 5.03. The lowest BCUT2D eigenvalue weighted by atomic mass is 9.95. The van der Waals surface area contributed by atoms with E-state index in [0.29, 0.717) is 12.7 Å². The number of benzene rings is 2. The monoisotopic (exact) mass is 435 g/mol. The summed E-state index contributed by atoms with van der Waals surface area (Å²) in [5.74, 6) is 2.15. The molecular formula is C26H33N3O3. The molecule has 0 spiro atoms. The van der Waals surface area contributed by atoms with Crippen molar-refractivity contribution in [2.45, 2.75) is 32.9 Å². The zero-order valence-corrected chi connectivity index (χ0v) is 19.0. The second-order valence-electron chi connectivity index (χ2n) is 9.35. The molecule has 5 rings (SSSR count). The van der Waals surface area contributed by atoms with Crippen LogP contribution in [-0.2, 0) is 17.9 Å². The van der Waals surface area contributed by atoms with Gasteiger partial charge in [-0.1, -0.05) is 35.9 Å². The largest absolute Gasteiger partial charge is 0.454 e. The van der Waals surface area contributed by atoms with Gasteiger partial charge in [0, 0.05) is 45.8 Å². The first-order valence-corrected chi connectivity index (χ1v) is 11.8. The van der Waals surface area contributed by atoms with Crippen LogP contribution < -0.4 is 9.47 Å². The van der Waals surface area contributed by atoms with Gasteiger partial charge in [-0.25, -0.2) is 0 Å². The van der Waals surface area contributed by atoms with Crippen molar-refractivity contribution in [3.05, 3.63) is 59.2 Å². The third kappa shape index (κ3) is 4.92. The number of piperazine rings is 1. The lowest BCUT2D eigenvalue weighted by Crippen LogP contribution is -2.52. The standard InChI is InChI=1S/C26H33N3O3/c1-20-4-6-21(7-5-20)16-28-10-2-3-23(18-28)26(30)29-13-11-27(12-14-29)17-22-8-9-24-25(15-22)32-19-31-24/h4-9,15,23H,2-3,10-14,16-19H2,1H3. The van der Waals surface area contributed by atoms with Crippen LogP contribution in [-0.4, -0.2) is 66.7 Å². The van der Waals surface area contributed by atoms with Gasteiger partial charge < -0.3 is 14.4 Å². The molecule has 2 aromatic rings. The fraction of sp³-hybridized carbons (Fsp3) is 0.500. The van der Waals surface area contributed by atoms with E-state index in [1.807, 2.05) is 6.07 Å². The smallest absolute Gasteiger partial charge is 0.231 e. The minimum atomic E-state index is 0.134. The predicted molar refractivity (Wildman–Crippen MR) is 124 cm³/mol. The number of rotatable bonds is 5. The average Bonchev–Trinajstić information content (AvgIpc) is 3.29. The highest BCUT2D eigenvalue weighted by Crippen LogP contribution is 2.33. The van der Waals surface area contributed by atoms with Crippen LogP contribution in [0.4, 0.5) is 0 Å². The molecule has 2 fully saturated rings. The first-order chi connectivity index (χ1) is 15.6. The van der Waals surface area contributed by atoms with E-state index in [4.69, 9.17) is 9.47 Å². The van der Waals surface area contributed by atoms with Crippen LogP contribution in [0.25, 0.3) is 0 Å². The Bertz CT molecular complexity index is 938. The summed E-state index contributed by atoms with van der Waals surface area (Å²) < 4.78 is 10.9. The molecule has 2 saturated heterocycles. The molecule has 0 aromatic heterocycles. The van der Waals surface area contributed by atoms with Gasteiger partial charge in [0.25, 0.3) is 0 Å². The molecule has 32 heavy (non-hydrogen) atoms. The molecule has 0 saturated carbocycles. The lowest BCUT2D eigenvalue weighted by Gasteiger charge is -2.39. The van der Waals surface area contributed by atoms with Gasteiger partial charge in [-0.15, -0.1) is 0 Å². The number of carbonyl (C=O) groups excluding carboxylic acids is 1. The highest BCUT2D eigenvalue weighted by atomic mass is 16.7. The Labute approximate surface area is 190 Å². The number of hydrogen-bond donors (Lipinski definition) is 0. The van der Waals surface area contributed by atoms with Crippen LogP contribution in [0.2, 0.25) is 0 Å². The normalized spacial score (nSPS) is 21.7. The molecule has 170 valence electrons. The molecule has 3 heterocycles. The van der Waals surface area contributed by atoms with Gasteiger partial charge in [0.15, 0.2) is 11.5 Å². The van der Waals surface area contributed by atoms with E-state index in [1.54, 1.807) is 0 Å². The van der Waals surface area contributed by atoms with Gasteiger partial charge in [0.05, 0.1) is 5.92 Å². The topological polar surface area (TPSA) is 45.3 Å². The van der Waals surface area contributed by atoms with Crippen LogP contribution in [0.15, 0.2) is 42.5 Å². The number of likely N-dealkylation sites (tertiary alicyclic amines) is 1. The predicted octanol–water partition coefficient (Wildman–Crippen LogP) is 3.28. The molecule has 2 aromatic carbocycles. The van der Waals surface area contributed by atoms with Gasteiger partial charge in [0.2, 0.25) is 12.7 Å². The molecule has 1 atom stereocenters. The summed E-state index contributed by atoms with van der Waals surface area (Å²) in [6.45, 7) is 9.68. The maximum atomic E-state index is 13.2. The van der Waals surface area contributed by atoms with E-state index in [1.165, 1.54) is 16.7 Å². The Kier molecular flexibility index (Phi) is 6.32. The minimum Gasteiger partial charge on any atom is -0.454 e. The van der Waals surface area contributed by atoms with E-state index in [2.05, 4.69) is 58.0 Å². The molecule has 0 bridgehead atoms. The Balaban J connectivity index is 1.11. The molecule has 1 amide bonds. The van der Waals surface area contributed by atoms with E-state index < -0.39 is 0 Å². The molecule has 3 aliphatic rings. The van der Waals surface area contributed by atoms with Crippen molar-refractivity contribution in [3.8, 4) is 11.5 Å². The second-order valence-corrected chi connectivity index (χ2v) is 9.35. The number of fused-ring (bicyclic) bond motifs is 1. The maximum Gasteiger partial charge on any atom is 0.231 e. The van der Waals surface area contributed by atoms with Crippen LogP contribution in [0.5, 0.6) is 11.5 Å². The summed E-state index contributed by atoms with van der Waals surface area (Å²) >= 11 is 0. The van der Waals surface area contributed by atoms with E-state index >= 15 is 0 Å². The van der Waals surface area contributed by atoms with Gasteiger partial charge in [-0.3, -0.25) is 14.6 Å². The van der Waals surface area contributed by atoms with E-state index in [9.17, 15) is 4.79 Å². The van der Waals surface area contributed by atoms with Gasteiger partial charge in [-0.2, -0.15) is 0 Å². The van der Waals surface area contributed by atoms with Crippen molar-refractivity contribution < 1.29 is 14.3 Å². The Morgan fingerprint density at radius 3 is 2.41 bits per heavy atom. The number of carbonyl (C=O) groups is 1. The van der Waals surface area contributed by atoms with E-state index in [-0.39, 0.29) is 5.92 Å². The molecule has 0 N–H and O–H groups in total. The first kappa shape index (κ1) is 21.3. The fourth-order valence-corrected chi connectivity index (χ4v) is 5.03. The van der Waals surface area contributed by atoms with E-state index in [0.717, 1.165) is 76.7 Å². The number of piperidine rings is 1. The minimum absolute atomic E-state index is 0.134. The number of ether oxygens (including phenoxy) is 2. The molecule has 6 heteroatoms. The van der Waals surface area contributed by atoms with Crippen molar-refractivity contribution in [1.29, 1.82) is 0 Å². The Morgan fingerprint density at radius 1 is 0.875 bits per heavy atom. The quantitative estimate of drug-likeness (QED) is 0.721. The zero-order valence-electron chi connectivity index (χ0n) is 19.0. The maximum absolute atomic E-state index is 13.2. The van der Waals surface area contributed by atoms with Gasteiger partial charge in [0.1, 0.15) is 0 Å². The number of hydrogen-bond acceptors (Lipinski definition) is 5. The highest BCUT2D eigenvalue weighted by molar-refractivity contribution is 5.79. The van der Waals surface area contributed by atoms with Gasteiger partial charge >= 0.3 is 0 Å². The van der Waals surface area contributed by atoms with Crippen molar-refractivity contribution in [2.24, 2.45) is 5.92 Å². The summed E-state index contributed by atoms with van der Waals surface area (Å²) in [5.41, 5.74) is 3.85. The highest BCUT2D eigenvalue weighted by Gasteiger charge is 2.31. The van der Waals surface area contributed by atoms with Crippen molar-refractivity contribution >= 4 is 5.91 Å². The van der Waals surface area contributed by atoms with Crippen LogP contribution in [0.3, 0.4) is 0 Å². The molecule has 1 unspecified atom stereocenters. The molecule has 3 aliphatic heterocycles. The number of amides is 1. The summed E-state index contributed by atoms with van der Waals surface area (Å²) in [7, 11) is 0. The Hall–Kier alpha value is -2.57. The zero-order chi connectivity index (χ0) is 21.9. The van der Waals surface area contributed by atoms with Crippen molar-refractivity contribution in [3.63, 3.8) is 0 Å². The van der Waals surface area contributed by atoms with Gasteiger partial charge in [-0.05, 0) is 49.6 Å².